The van der Waals surface area contributed by atoms with Crippen molar-refractivity contribution in [3.05, 3.63) is 53.4 Å². The first-order valence-electron chi connectivity index (χ1n) is 9.28. The Morgan fingerprint density at radius 2 is 1.96 bits per heavy atom. The summed E-state index contributed by atoms with van der Waals surface area (Å²) >= 11 is 0. The minimum absolute atomic E-state index is 0.0557. The lowest BCUT2D eigenvalue weighted by molar-refractivity contribution is 0.0927. The highest BCUT2D eigenvalue weighted by Crippen LogP contribution is 2.18. The van der Waals surface area contributed by atoms with Gasteiger partial charge in [0.1, 0.15) is 5.82 Å². The molecule has 1 atom stereocenters. The minimum atomic E-state index is -0.0557. The molecule has 134 valence electrons. The summed E-state index contributed by atoms with van der Waals surface area (Å²) in [5.74, 6) is 1.04. The summed E-state index contributed by atoms with van der Waals surface area (Å²) in [4.78, 5) is 26.4. The summed E-state index contributed by atoms with van der Waals surface area (Å²) < 4.78 is 2.11. The van der Waals surface area contributed by atoms with Crippen molar-refractivity contribution in [2.75, 3.05) is 0 Å². The number of aryl methyl sites for hydroxylation is 3. The second-order valence-electron chi connectivity index (χ2n) is 6.73. The van der Waals surface area contributed by atoms with Crippen LogP contribution in [0.4, 0.5) is 0 Å². The van der Waals surface area contributed by atoms with Gasteiger partial charge in [-0.2, -0.15) is 0 Å². The van der Waals surface area contributed by atoms with Crippen LogP contribution in [0.3, 0.4) is 0 Å². The lowest BCUT2D eigenvalue weighted by atomic mass is 10.1. The molecule has 1 N–H and O–H groups in total. The molecule has 26 heavy (non-hydrogen) atoms. The Morgan fingerprint density at radius 1 is 1.19 bits per heavy atom. The zero-order valence-electron chi connectivity index (χ0n) is 15.2. The maximum Gasteiger partial charge on any atom is 0.251 e. The van der Waals surface area contributed by atoms with Crippen LogP contribution < -0.4 is 5.32 Å². The number of fused-ring (bicyclic) bond motifs is 2. The molecule has 0 saturated heterocycles. The van der Waals surface area contributed by atoms with Crippen LogP contribution in [0, 0.1) is 0 Å². The molecule has 0 aliphatic carbocycles. The van der Waals surface area contributed by atoms with Crippen LogP contribution >= 0.6 is 0 Å². The van der Waals surface area contributed by atoms with E-state index in [2.05, 4.69) is 28.7 Å². The topological polar surface area (TPSA) is 72.7 Å². The molecule has 0 spiro atoms. The molecule has 3 aromatic rings. The molecule has 0 radical (unpaired) electrons. The number of benzene rings is 1. The number of nitrogens with one attached hydrogen (secondary N) is 1. The molecule has 2 aromatic heterocycles. The Morgan fingerprint density at radius 3 is 2.73 bits per heavy atom. The van der Waals surface area contributed by atoms with Gasteiger partial charge in [0.05, 0.1) is 22.4 Å². The van der Waals surface area contributed by atoms with Crippen LogP contribution in [0.25, 0.3) is 11.0 Å². The van der Waals surface area contributed by atoms with Gasteiger partial charge in [-0.25, -0.2) is 15.0 Å². The van der Waals surface area contributed by atoms with Gasteiger partial charge in [0, 0.05) is 37.0 Å². The first-order valence-corrected chi connectivity index (χ1v) is 9.28. The second kappa shape index (κ2) is 6.86. The molecular weight excluding hydrogens is 326 g/mol. The summed E-state index contributed by atoms with van der Waals surface area (Å²) in [5, 5.41) is 3.15. The SMILES string of the molecule is CCc1nc2ccc(C(=O)N[C@H]3CCc4nccn4C3)cc2nc1CC. The average molecular weight is 349 g/mol. The summed E-state index contributed by atoms with van der Waals surface area (Å²) in [6, 6.07) is 5.70. The van der Waals surface area contributed by atoms with E-state index in [-0.39, 0.29) is 11.9 Å². The summed E-state index contributed by atoms with van der Waals surface area (Å²) in [7, 11) is 0. The van der Waals surface area contributed by atoms with E-state index >= 15 is 0 Å². The molecule has 1 aliphatic heterocycles. The number of hydrogen-bond donors (Lipinski definition) is 1. The third kappa shape index (κ3) is 3.07. The maximum atomic E-state index is 12.7. The van der Waals surface area contributed by atoms with Crippen molar-refractivity contribution in [2.24, 2.45) is 0 Å². The van der Waals surface area contributed by atoms with Crippen molar-refractivity contribution in [1.82, 2.24) is 24.8 Å². The van der Waals surface area contributed by atoms with Crippen LogP contribution in [-0.4, -0.2) is 31.5 Å². The highest BCUT2D eigenvalue weighted by molar-refractivity contribution is 5.97. The van der Waals surface area contributed by atoms with Crippen molar-refractivity contribution in [2.45, 2.75) is 52.1 Å². The van der Waals surface area contributed by atoms with Crippen molar-refractivity contribution < 1.29 is 4.79 Å². The normalized spacial score (nSPS) is 16.5. The lowest BCUT2D eigenvalue weighted by Crippen LogP contribution is -2.40. The highest BCUT2D eigenvalue weighted by Gasteiger charge is 2.21. The highest BCUT2D eigenvalue weighted by atomic mass is 16.1. The van der Waals surface area contributed by atoms with Gasteiger partial charge in [-0.05, 0) is 37.5 Å². The van der Waals surface area contributed by atoms with Crippen molar-refractivity contribution >= 4 is 16.9 Å². The van der Waals surface area contributed by atoms with Gasteiger partial charge in [0.25, 0.3) is 5.91 Å². The van der Waals surface area contributed by atoms with Gasteiger partial charge in [-0.15, -0.1) is 0 Å². The monoisotopic (exact) mass is 349 g/mol. The number of carbonyl (C=O) groups excluding carboxylic acids is 1. The van der Waals surface area contributed by atoms with Crippen LogP contribution in [0.5, 0.6) is 0 Å². The van der Waals surface area contributed by atoms with Crippen molar-refractivity contribution in [3.63, 3.8) is 0 Å². The van der Waals surface area contributed by atoms with Crippen LogP contribution in [0.15, 0.2) is 30.6 Å². The number of nitrogens with zero attached hydrogens (tertiary/aromatic N) is 4. The summed E-state index contributed by atoms with van der Waals surface area (Å²) in [6.07, 6.45) is 7.30. The third-order valence-corrected chi connectivity index (χ3v) is 5.02. The van der Waals surface area contributed by atoms with Gasteiger partial charge >= 0.3 is 0 Å². The molecule has 0 unspecified atom stereocenters. The van der Waals surface area contributed by atoms with E-state index in [4.69, 9.17) is 9.97 Å². The lowest BCUT2D eigenvalue weighted by Gasteiger charge is -2.24. The fourth-order valence-corrected chi connectivity index (χ4v) is 3.59. The number of aromatic nitrogens is 4. The predicted molar refractivity (Wildman–Crippen MR) is 100 cm³/mol. The number of rotatable bonds is 4. The zero-order valence-corrected chi connectivity index (χ0v) is 15.2. The standard InChI is InChI=1S/C20H23N5O/c1-3-15-16(4-2)24-18-11-13(5-7-17(18)23-15)20(26)22-14-6-8-19-21-9-10-25(19)12-14/h5,7,9-11,14H,3-4,6,8,12H2,1-2H3,(H,22,26)/t14-/m0/s1. The molecular formula is C20H23N5O. The van der Waals surface area contributed by atoms with Crippen molar-refractivity contribution in [3.8, 4) is 0 Å². The quantitative estimate of drug-likeness (QED) is 0.786. The number of hydrogen-bond acceptors (Lipinski definition) is 4. The fraction of sp³-hybridized carbons (Fsp3) is 0.400. The molecule has 1 aliphatic rings. The third-order valence-electron chi connectivity index (χ3n) is 5.02. The minimum Gasteiger partial charge on any atom is -0.347 e. The number of carbonyl (C=O) groups is 1. The zero-order chi connectivity index (χ0) is 18.1. The van der Waals surface area contributed by atoms with E-state index in [0.29, 0.717) is 5.56 Å². The molecule has 6 nitrogen and oxygen atoms in total. The number of imidazole rings is 1. The van der Waals surface area contributed by atoms with Gasteiger partial charge in [-0.1, -0.05) is 13.8 Å². The Hall–Kier alpha value is -2.76. The number of amides is 1. The molecule has 4 rings (SSSR count). The van der Waals surface area contributed by atoms with Crippen LogP contribution in [0.2, 0.25) is 0 Å². The predicted octanol–water partition coefficient (Wildman–Crippen LogP) is 2.70. The molecule has 6 heteroatoms. The second-order valence-corrected chi connectivity index (χ2v) is 6.73. The fourth-order valence-electron chi connectivity index (χ4n) is 3.59. The molecule has 1 aromatic carbocycles. The van der Waals surface area contributed by atoms with Gasteiger partial charge in [-0.3, -0.25) is 4.79 Å². The Bertz CT molecular complexity index is 962. The molecule has 1 amide bonds. The Balaban J connectivity index is 1.55. The van der Waals surface area contributed by atoms with Crippen LogP contribution in [-0.2, 0) is 25.8 Å². The van der Waals surface area contributed by atoms with E-state index in [1.165, 1.54) is 0 Å². The van der Waals surface area contributed by atoms with Crippen LogP contribution in [0.1, 0.15) is 47.8 Å². The summed E-state index contributed by atoms with van der Waals surface area (Å²) in [6.45, 7) is 4.94. The van der Waals surface area contributed by atoms with E-state index in [1.54, 1.807) is 0 Å². The molecule has 3 heterocycles. The smallest absolute Gasteiger partial charge is 0.251 e. The maximum absolute atomic E-state index is 12.7. The average Bonchev–Trinajstić information content (AvgIpc) is 3.14. The molecule has 0 bridgehead atoms. The Kier molecular flexibility index (Phi) is 4.41. The van der Waals surface area contributed by atoms with E-state index in [9.17, 15) is 4.79 Å². The van der Waals surface area contributed by atoms with Crippen molar-refractivity contribution in [1.29, 1.82) is 0 Å². The largest absolute Gasteiger partial charge is 0.347 e. The molecule has 0 fully saturated rings. The van der Waals surface area contributed by atoms with Gasteiger partial charge < -0.3 is 9.88 Å². The van der Waals surface area contributed by atoms with Gasteiger partial charge in [0.2, 0.25) is 0 Å². The first kappa shape index (κ1) is 16.7. The van der Waals surface area contributed by atoms with E-state index in [0.717, 1.165) is 60.5 Å². The van der Waals surface area contributed by atoms with E-state index in [1.807, 2.05) is 30.6 Å². The Labute approximate surface area is 152 Å². The van der Waals surface area contributed by atoms with Gasteiger partial charge in [0.15, 0.2) is 0 Å². The summed E-state index contributed by atoms with van der Waals surface area (Å²) in [5.41, 5.74) is 4.31. The molecule has 0 saturated carbocycles. The van der Waals surface area contributed by atoms with E-state index < -0.39 is 0 Å². The first-order chi connectivity index (χ1) is 12.7.